The highest BCUT2D eigenvalue weighted by atomic mass is 35.5. The van der Waals surface area contributed by atoms with Gasteiger partial charge in [0.2, 0.25) is 5.91 Å². The second kappa shape index (κ2) is 7.86. The third-order valence-electron chi connectivity index (χ3n) is 3.15. The van der Waals surface area contributed by atoms with Gasteiger partial charge in [-0.25, -0.2) is 0 Å². The van der Waals surface area contributed by atoms with E-state index < -0.39 is 0 Å². The number of carbonyl (C=O) groups excluding carboxylic acids is 1. The topological polar surface area (TPSA) is 53.8 Å². The molecule has 2 aromatic carbocycles. The van der Waals surface area contributed by atoms with Crippen molar-refractivity contribution in [2.45, 2.75) is 6.42 Å². The van der Waals surface area contributed by atoms with E-state index >= 15 is 0 Å². The molecule has 24 heavy (non-hydrogen) atoms. The first-order chi connectivity index (χ1) is 11.7. The molecule has 0 aliphatic carbocycles. The molecule has 3 aromatic rings. The van der Waals surface area contributed by atoms with Crippen molar-refractivity contribution >= 4 is 45.9 Å². The minimum absolute atomic E-state index is 0.0767. The molecule has 1 aromatic heterocycles. The number of nitrogens with one attached hydrogen (secondary N) is 1. The first kappa shape index (κ1) is 16.4. The number of halogens is 1. The Morgan fingerprint density at radius 2 is 1.58 bits per heavy atom. The summed E-state index contributed by atoms with van der Waals surface area (Å²) in [6, 6.07) is 20.4. The zero-order chi connectivity index (χ0) is 16.8. The molecule has 6 heteroatoms. The van der Waals surface area contributed by atoms with E-state index in [9.17, 15) is 4.79 Å². The van der Waals surface area contributed by atoms with E-state index in [-0.39, 0.29) is 5.91 Å². The average molecular weight is 356 g/mol. The van der Waals surface area contributed by atoms with Crippen molar-refractivity contribution in [3.8, 4) is 0 Å². The monoisotopic (exact) mass is 355 g/mol. The van der Waals surface area contributed by atoms with Crippen LogP contribution in [0.1, 0.15) is 4.88 Å². The molecule has 0 bridgehead atoms. The summed E-state index contributed by atoms with van der Waals surface area (Å²) in [5.74, 6) is -0.0767. The molecule has 0 saturated carbocycles. The van der Waals surface area contributed by atoms with Crippen molar-refractivity contribution in [1.29, 1.82) is 0 Å². The summed E-state index contributed by atoms with van der Waals surface area (Å²) in [4.78, 5) is 12.9. The number of anilines is 1. The quantitative estimate of drug-likeness (QED) is 0.561. The van der Waals surface area contributed by atoms with E-state index in [1.165, 1.54) is 11.3 Å². The van der Waals surface area contributed by atoms with Gasteiger partial charge in [-0.05, 0) is 48.5 Å². The Labute approximate surface area is 148 Å². The largest absolute Gasteiger partial charge is 0.326 e. The lowest BCUT2D eigenvalue weighted by Crippen LogP contribution is -2.13. The Morgan fingerprint density at radius 3 is 2.21 bits per heavy atom. The van der Waals surface area contributed by atoms with Crippen molar-refractivity contribution in [1.82, 2.24) is 0 Å². The Bertz CT molecular complexity index is 844. The Balaban J connectivity index is 1.58. The molecule has 4 nitrogen and oxygen atoms in total. The van der Waals surface area contributed by atoms with E-state index in [0.717, 1.165) is 21.9 Å². The van der Waals surface area contributed by atoms with Gasteiger partial charge in [-0.2, -0.15) is 10.2 Å². The molecule has 0 atom stereocenters. The molecule has 0 spiro atoms. The fourth-order valence-electron chi connectivity index (χ4n) is 2.03. The van der Waals surface area contributed by atoms with Gasteiger partial charge in [0.1, 0.15) is 0 Å². The van der Waals surface area contributed by atoms with E-state index in [2.05, 4.69) is 15.5 Å². The standard InChI is InChI=1S/C18H14ClN3OS/c19-17-11-10-16(24-17)12-18(23)20-13-6-8-15(9-7-13)22-21-14-4-2-1-3-5-14/h1-11H,12H2,(H,20,23). The summed E-state index contributed by atoms with van der Waals surface area (Å²) in [6.07, 6.45) is 0.312. The van der Waals surface area contributed by atoms with E-state index in [0.29, 0.717) is 10.8 Å². The highest BCUT2D eigenvalue weighted by molar-refractivity contribution is 7.16. The lowest BCUT2D eigenvalue weighted by atomic mass is 10.2. The maximum atomic E-state index is 12.0. The van der Waals surface area contributed by atoms with Crippen LogP contribution in [0.4, 0.5) is 17.1 Å². The predicted octanol–water partition coefficient (Wildman–Crippen LogP) is 6.00. The van der Waals surface area contributed by atoms with E-state index in [1.54, 1.807) is 18.2 Å². The number of hydrogen-bond acceptors (Lipinski definition) is 4. The van der Waals surface area contributed by atoms with Crippen LogP contribution in [0.5, 0.6) is 0 Å². The van der Waals surface area contributed by atoms with E-state index in [4.69, 9.17) is 11.6 Å². The van der Waals surface area contributed by atoms with Crippen LogP contribution in [0.3, 0.4) is 0 Å². The van der Waals surface area contributed by atoms with Gasteiger partial charge >= 0.3 is 0 Å². The van der Waals surface area contributed by atoms with Gasteiger partial charge in [-0.15, -0.1) is 11.3 Å². The molecule has 0 saturated heterocycles. The van der Waals surface area contributed by atoms with Gasteiger partial charge in [-0.3, -0.25) is 4.79 Å². The molecule has 1 N–H and O–H groups in total. The molecule has 3 rings (SSSR count). The average Bonchev–Trinajstić information content (AvgIpc) is 3.00. The minimum atomic E-state index is -0.0767. The normalized spacial score (nSPS) is 10.9. The van der Waals surface area contributed by atoms with Crippen molar-refractivity contribution in [3.05, 3.63) is 75.9 Å². The van der Waals surface area contributed by atoms with E-state index in [1.807, 2.05) is 48.5 Å². The van der Waals surface area contributed by atoms with Gasteiger partial charge < -0.3 is 5.32 Å². The van der Waals surface area contributed by atoms with Crippen LogP contribution in [0.25, 0.3) is 0 Å². The van der Waals surface area contributed by atoms with Gasteiger partial charge in [0.15, 0.2) is 0 Å². The second-order valence-corrected chi connectivity index (χ2v) is 6.81. The van der Waals surface area contributed by atoms with Gasteiger partial charge in [0, 0.05) is 10.6 Å². The molecule has 1 amide bonds. The zero-order valence-electron chi connectivity index (χ0n) is 12.6. The highest BCUT2D eigenvalue weighted by Crippen LogP contribution is 2.23. The van der Waals surface area contributed by atoms with Crippen molar-refractivity contribution in [2.75, 3.05) is 5.32 Å². The lowest BCUT2D eigenvalue weighted by Gasteiger charge is -2.04. The molecule has 1 heterocycles. The number of thiophene rings is 1. The van der Waals surface area contributed by atoms with Gasteiger partial charge in [-0.1, -0.05) is 29.8 Å². The van der Waals surface area contributed by atoms with Crippen LogP contribution in [-0.2, 0) is 11.2 Å². The maximum Gasteiger partial charge on any atom is 0.229 e. The Hall–Kier alpha value is -2.50. The van der Waals surface area contributed by atoms with Gasteiger partial charge in [0.25, 0.3) is 0 Å². The molecule has 0 unspecified atom stereocenters. The number of amides is 1. The van der Waals surface area contributed by atoms with Gasteiger partial charge in [0.05, 0.1) is 22.1 Å². The van der Waals surface area contributed by atoms with Crippen LogP contribution in [0.2, 0.25) is 4.34 Å². The number of benzene rings is 2. The molecule has 0 radical (unpaired) electrons. The summed E-state index contributed by atoms with van der Waals surface area (Å²) in [5.41, 5.74) is 2.24. The first-order valence-electron chi connectivity index (χ1n) is 7.30. The summed E-state index contributed by atoms with van der Waals surface area (Å²) >= 11 is 7.27. The number of carbonyl (C=O) groups is 1. The van der Waals surface area contributed by atoms with Crippen LogP contribution >= 0.6 is 22.9 Å². The number of nitrogens with zero attached hydrogens (tertiary/aromatic N) is 2. The molecular formula is C18H14ClN3OS. The molecule has 0 aliphatic rings. The minimum Gasteiger partial charge on any atom is -0.326 e. The summed E-state index contributed by atoms with van der Waals surface area (Å²) in [5, 5.41) is 11.2. The molecule has 0 aliphatic heterocycles. The smallest absolute Gasteiger partial charge is 0.229 e. The number of azo groups is 1. The van der Waals surface area contributed by atoms with Crippen LogP contribution in [0.15, 0.2) is 77.0 Å². The van der Waals surface area contributed by atoms with Crippen LogP contribution in [-0.4, -0.2) is 5.91 Å². The number of hydrogen-bond donors (Lipinski definition) is 1. The SMILES string of the molecule is O=C(Cc1ccc(Cl)s1)Nc1ccc(N=Nc2ccccc2)cc1. The Kier molecular flexibility index (Phi) is 5.36. The zero-order valence-corrected chi connectivity index (χ0v) is 14.2. The van der Waals surface area contributed by atoms with Crippen molar-refractivity contribution < 1.29 is 4.79 Å². The fraction of sp³-hybridized carbons (Fsp3) is 0.0556. The second-order valence-electron chi connectivity index (χ2n) is 5.01. The highest BCUT2D eigenvalue weighted by Gasteiger charge is 2.06. The maximum absolute atomic E-state index is 12.0. The number of rotatable bonds is 5. The van der Waals surface area contributed by atoms with Crippen LogP contribution < -0.4 is 5.32 Å². The molecule has 120 valence electrons. The summed E-state index contributed by atoms with van der Waals surface area (Å²) in [6.45, 7) is 0. The summed E-state index contributed by atoms with van der Waals surface area (Å²) in [7, 11) is 0. The van der Waals surface area contributed by atoms with Crippen molar-refractivity contribution in [3.63, 3.8) is 0 Å². The molecular weight excluding hydrogens is 342 g/mol. The summed E-state index contributed by atoms with van der Waals surface area (Å²) < 4.78 is 0.686. The fourth-order valence-corrected chi connectivity index (χ4v) is 3.12. The first-order valence-corrected chi connectivity index (χ1v) is 8.49. The molecule has 0 fully saturated rings. The Morgan fingerprint density at radius 1 is 0.917 bits per heavy atom. The predicted molar refractivity (Wildman–Crippen MR) is 98.7 cm³/mol. The van der Waals surface area contributed by atoms with Crippen molar-refractivity contribution in [2.24, 2.45) is 10.2 Å². The third kappa shape index (κ3) is 4.75. The van der Waals surface area contributed by atoms with Crippen LogP contribution in [0, 0.1) is 0 Å². The third-order valence-corrected chi connectivity index (χ3v) is 4.38. The lowest BCUT2D eigenvalue weighted by molar-refractivity contribution is -0.115.